The highest BCUT2D eigenvalue weighted by Crippen LogP contribution is 2.32. The summed E-state index contributed by atoms with van der Waals surface area (Å²) < 4.78 is 28.5. The Morgan fingerprint density at radius 1 is 1.30 bits per heavy atom. The van der Waals surface area contributed by atoms with Gasteiger partial charge in [-0.05, 0) is 24.3 Å². The van der Waals surface area contributed by atoms with Crippen molar-refractivity contribution in [1.29, 1.82) is 0 Å². The number of rotatable bonds is 4. The zero-order valence-electron chi connectivity index (χ0n) is 10.9. The topological polar surface area (TPSA) is 68.9 Å². The standard InChI is InChI=1S/C14H13FO5/c1-18-9-5-3-4-8(15)12(9)13(16)10-6-7-11(20-10)14(17)19-2/h3-7,13,16H,1-2H3. The summed E-state index contributed by atoms with van der Waals surface area (Å²) in [6.07, 6.45) is -1.38. The van der Waals surface area contributed by atoms with Crippen molar-refractivity contribution in [2.24, 2.45) is 0 Å². The molecule has 5 nitrogen and oxygen atoms in total. The van der Waals surface area contributed by atoms with Gasteiger partial charge < -0.3 is 19.0 Å². The van der Waals surface area contributed by atoms with Gasteiger partial charge in [-0.25, -0.2) is 9.18 Å². The van der Waals surface area contributed by atoms with Gasteiger partial charge in [0.2, 0.25) is 5.76 Å². The Labute approximate surface area is 114 Å². The molecule has 1 aromatic heterocycles. The van der Waals surface area contributed by atoms with Gasteiger partial charge >= 0.3 is 5.97 Å². The molecule has 0 aliphatic rings. The van der Waals surface area contributed by atoms with Crippen LogP contribution in [0.1, 0.15) is 28.0 Å². The van der Waals surface area contributed by atoms with Crippen LogP contribution in [-0.2, 0) is 4.74 Å². The van der Waals surface area contributed by atoms with Gasteiger partial charge in [0.15, 0.2) is 0 Å². The second kappa shape index (κ2) is 5.75. The van der Waals surface area contributed by atoms with E-state index in [9.17, 15) is 14.3 Å². The summed E-state index contributed by atoms with van der Waals surface area (Å²) in [5.41, 5.74) is -0.0548. The molecule has 1 N–H and O–H groups in total. The van der Waals surface area contributed by atoms with Crippen LogP contribution < -0.4 is 4.74 Å². The second-order valence-corrected chi connectivity index (χ2v) is 3.95. The molecule has 0 fully saturated rings. The van der Waals surface area contributed by atoms with E-state index in [2.05, 4.69) is 4.74 Å². The molecule has 0 spiro atoms. The number of aliphatic hydroxyl groups excluding tert-OH is 1. The number of aliphatic hydroxyl groups is 1. The molecule has 0 aliphatic heterocycles. The predicted octanol–water partition coefficient (Wildman–Crippen LogP) is 2.30. The molecule has 1 atom stereocenters. The molecule has 0 aliphatic carbocycles. The minimum Gasteiger partial charge on any atom is -0.496 e. The normalized spacial score (nSPS) is 12.0. The third kappa shape index (κ3) is 2.50. The van der Waals surface area contributed by atoms with Crippen molar-refractivity contribution in [2.45, 2.75) is 6.10 Å². The van der Waals surface area contributed by atoms with Gasteiger partial charge in [0.05, 0.1) is 19.8 Å². The number of esters is 1. The number of methoxy groups -OCH3 is 2. The molecular formula is C14H13FO5. The molecule has 2 rings (SSSR count). The third-order valence-electron chi connectivity index (χ3n) is 2.79. The number of carbonyl (C=O) groups excluding carboxylic acids is 1. The Morgan fingerprint density at radius 3 is 2.70 bits per heavy atom. The first-order valence-electron chi connectivity index (χ1n) is 5.77. The molecule has 106 valence electrons. The van der Waals surface area contributed by atoms with Crippen molar-refractivity contribution in [3.05, 3.63) is 53.2 Å². The van der Waals surface area contributed by atoms with E-state index in [0.717, 1.165) is 0 Å². The average molecular weight is 280 g/mol. The van der Waals surface area contributed by atoms with Crippen molar-refractivity contribution in [3.8, 4) is 5.75 Å². The predicted molar refractivity (Wildman–Crippen MR) is 67.1 cm³/mol. The number of benzene rings is 1. The zero-order valence-corrected chi connectivity index (χ0v) is 10.9. The number of halogens is 1. The fourth-order valence-corrected chi connectivity index (χ4v) is 1.81. The van der Waals surface area contributed by atoms with E-state index in [1.165, 1.54) is 44.6 Å². The van der Waals surface area contributed by atoms with Crippen LogP contribution in [0.15, 0.2) is 34.7 Å². The SMILES string of the molecule is COC(=O)c1ccc(C(O)c2c(F)cccc2OC)o1. The van der Waals surface area contributed by atoms with Crippen molar-refractivity contribution >= 4 is 5.97 Å². The Morgan fingerprint density at radius 2 is 2.05 bits per heavy atom. The summed E-state index contributed by atoms with van der Waals surface area (Å²) in [5.74, 6) is -1.17. The zero-order chi connectivity index (χ0) is 14.7. The molecule has 1 heterocycles. The van der Waals surface area contributed by atoms with E-state index < -0.39 is 17.9 Å². The van der Waals surface area contributed by atoms with Crippen LogP contribution in [0.3, 0.4) is 0 Å². The molecule has 1 aromatic carbocycles. The monoisotopic (exact) mass is 280 g/mol. The first kappa shape index (κ1) is 14.1. The highest BCUT2D eigenvalue weighted by atomic mass is 19.1. The fourth-order valence-electron chi connectivity index (χ4n) is 1.81. The number of hydrogen-bond donors (Lipinski definition) is 1. The van der Waals surface area contributed by atoms with Crippen LogP contribution in [0.5, 0.6) is 5.75 Å². The van der Waals surface area contributed by atoms with E-state index in [4.69, 9.17) is 9.15 Å². The maximum Gasteiger partial charge on any atom is 0.373 e. The maximum atomic E-state index is 13.8. The largest absolute Gasteiger partial charge is 0.496 e. The molecule has 6 heteroatoms. The molecule has 0 bridgehead atoms. The Bertz CT molecular complexity index is 620. The number of carbonyl (C=O) groups is 1. The average Bonchev–Trinajstić information content (AvgIpc) is 2.95. The van der Waals surface area contributed by atoms with E-state index in [1.54, 1.807) is 0 Å². The lowest BCUT2D eigenvalue weighted by atomic mass is 10.1. The van der Waals surface area contributed by atoms with Crippen molar-refractivity contribution in [3.63, 3.8) is 0 Å². The molecule has 2 aromatic rings. The number of ether oxygens (including phenoxy) is 2. The summed E-state index contributed by atoms with van der Waals surface area (Å²) in [4.78, 5) is 11.3. The third-order valence-corrected chi connectivity index (χ3v) is 2.79. The van der Waals surface area contributed by atoms with Gasteiger partial charge in [0.1, 0.15) is 23.4 Å². The van der Waals surface area contributed by atoms with Crippen LogP contribution in [0.25, 0.3) is 0 Å². The number of furan rings is 1. The van der Waals surface area contributed by atoms with Gasteiger partial charge in [-0.3, -0.25) is 0 Å². The van der Waals surface area contributed by atoms with Gasteiger partial charge in [0, 0.05) is 0 Å². The first-order chi connectivity index (χ1) is 9.58. The highest BCUT2D eigenvalue weighted by Gasteiger charge is 2.24. The van der Waals surface area contributed by atoms with Crippen LogP contribution >= 0.6 is 0 Å². The lowest BCUT2D eigenvalue weighted by Gasteiger charge is -2.13. The Hall–Kier alpha value is -2.34. The van der Waals surface area contributed by atoms with Crippen LogP contribution in [0.2, 0.25) is 0 Å². The summed E-state index contributed by atoms with van der Waals surface area (Å²) in [6, 6.07) is 6.91. The van der Waals surface area contributed by atoms with Gasteiger partial charge in [-0.15, -0.1) is 0 Å². The molecule has 20 heavy (non-hydrogen) atoms. The highest BCUT2D eigenvalue weighted by molar-refractivity contribution is 5.86. The van der Waals surface area contributed by atoms with E-state index >= 15 is 0 Å². The minimum atomic E-state index is -1.38. The van der Waals surface area contributed by atoms with Crippen molar-refractivity contribution < 1.29 is 28.2 Å². The summed E-state index contributed by atoms with van der Waals surface area (Å²) in [5, 5.41) is 10.2. The quantitative estimate of drug-likeness (QED) is 0.870. The first-order valence-corrected chi connectivity index (χ1v) is 5.77. The van der Waals surface area contributed by atoms with Crippen LogP contribution in [0.4, 0.5) is 4.39 Å². The Kier molecular flexibility index (Phi) is 4.05. The van der Waals surface area contributed by atoms with E-state index in [0.29, 0.717) is 0 Å². The van der Waals surface area contributed by atoms with Crippen LogP contribution in [-0.4, -0.2) is 25.3 Å². The fraction of sp³-hybridized carbons (Fsp3) is 0.214. The maximum absolute atomic E-state index is 13.8. The lowest BCUT2D eigenvalue weighted by Crippen LogP contribution is -2.05. The molecule has 0 saturated carbocycles. The number of hydrogen-bond acceptors (Lipinski definition) is 5. The van der Waals surface area contributed by atoms with Gasteiger partial charge in [-0.2, -0.15) is 0 Å². The van der Waals surface area contributed by atoms with Gasteiger partial charge in [-0.1, -0.05) is 6.07 Å². The van der Waals surface area contributed by atoms with Crippen molar-refractivity contribution in [2.75, 3.05) is 14.2 Å². The van der Waals surface area contributed by atoms with Crippen molar-refractivity contribution in [1.82, 2.24) is 0 Å². The molecule has 1 unspecified atom stereocenters. The molecule has 0 amide bonds. The van der Waals surface area contributed by atoms with Gasteiger partial charge in [0.25, 0.3) is 0 Å². The summed E-state index contributed by atoms with van der Waals surface area (Å²) in [7, 11) is 2.58. The van der Waals surface area contributed by atoms with E-state index in [1.807, 2.05) is 0 Å². The summed E-state index contributed by atoms with van der Waals surface area (Å²) in [6.45, 7) is 0. The minimum absolute atomic E-state index is 0.0220. The second-order valence-electron chi connectivity index (χ2n) is 3.95. The van der Waals surface area contributed by atoms with Crippen LogP contribution in [0, 0.1) is 5.82 Å². The molecular weight excluding hydrogens is 267 g/mol. The summed E-state index contributed by atoms with van der Waals surface area (Å²) >= 11 is 0. The molecule has 0 saturated heterocycles. The lowest BCUT2D eigenvalue weighted by molar-refractivity contribution is 0.0557. The smallest absolute Gasteiger partial charge is 0.373 e. The van der Waals surface area contributed by atoms with E-state index in [-0.39, 0.29) is 22.8 Å². The Balaban J connectivity index is 2.39. The molecule has 0 radical (unpaired) electrons.